The molecule has 1 aliphatic heterocycles. The number of benzene rings is 2. The maximum absolute atomic E-state index is 13.1. The average Bonchev–Trinajstić information content (AvgIpc) is 3.21. The number of hydrogen-bond acceptors (Lipinski definition) is 5. The summed E-state index contributed by atoms with van der Waals surface area (Å²) in [5, 5.41) is 22.1. The summed E-state index contributed by atoms with van der Waals surface area (Å²) in [6.45, 7) is 1.90. The molecule has 2 aromatic rings. The fourth-order valence-electron chi connectivity index (χ4n) is 3.91. The van der Waals surface area contributed by atoms with E-state index in [1.807, 2.05) is 60.7 Å². The van der Waals surface area contributed by atoms with Crippen molar-refractivity contribution < 1.29 is 24.6 Å². The van der Waals surface area contributed by atoms with Crippen molar-refractivity contribution in [2.75, 3.05) is 6.54 Å². The van der Waals surface area contributed by atoms with Gasteiger partial charge in [-0.2, -0.15) is 0 Å². The highest BCUT2D eigenvalue weighted by atomic mass is 32.2. The Morgan fingerprint density at radius 3 is 2.28 bits per heavy atom. The van der Waals surface area contributed by atoms with E-state index in [0.29, 0.717) is 25.8 Å². The van der Waals surface area contributed by atoms with Gasteiger partial charge < -0.3 is 15.1 Å². The largest absolute Gasteiger partial charge is 0.480 e. The van der Waals surface area contributed by atoms with Crippen LogP contribution in [0.25, 0.3) is 0 Å². The summed E-state index contributed by atoms with van der Waals surface area (Å²) in [6.07, 6.45) is 1.23. The minimum absolute atomic E-state index is 0.0389. The Morgan fingerprint density at radius 1 is 1.06 bits per heavy atom. The number of carboxylic acid groups (broad SMARTS) is 2. The van der Waals surface area contributed by atoms with E-state index in [0.717, 1.165) is 10.5 Å². The highest BCUT2D eigenvalue weighted by Crippen LogP contribution is 2.33. The molecule has 7 nitrogen and oxygen atoms in total. The van der Waals surface area contributed by atoms with Gasteiger partial charge in [0.15, 0.2) is 0 Å². The van der Waals surface area contributed by atoms with Crippen molar-refractivity contribution in [1.29, 1.82) is 0 Å². The van der Waals surface area contributed by atoms with Crippen LogP contribution in [0.4, 0.5) is 0 Å². The van der Waals surface area contributed by atoms with E-state index in [-0.39, 0.29) is 11.2 Å². The molecule has 0 aromatic heterocycles. The van der Waals surface area contributed by atoms with Crippen molar-refractivity contribution in [3.63, 3.8) is 0 Å². The van der Waals surface area contributed by atoms with Crippen LogP contribution in [0.15, 0.2) is 65.6 Å². The molecule has 0 bridgehead atoms. The second-order valence-corrected chi connectivity index (χ2v) is 9.31. The molecule has 3 N–H and O–H groups in total. The number of hydrogen-bond donors (Lipinski definition) is 3. The van der Waals surface area contributed by atoms with Gasteiger partial charge in [-0.25, -0.2) is 4.79 Å². The highest BCUT2D eigenvalue weighted by Gasteiger charge is 2.41. The van der Waals surface area contributed by atoms with Crippen molar-refractivity contribution in [2.24, 2.45) is 0 Å². The second-order valence-electron chi connectivity index (χ2n) is 7.94. The third-order valence-electron chi connectivity index (χ3n) is 5.56. The zero-order chi connectivity index (χ0) is 23.1. The number of carbonyl (C=O) groups excluding carboxylic acids is 1. The van der Waals surface area contributed by atoms with Crippen LogP contribution < -0.4 is 5.32 Å². The maximum atomic E-state index is 13.1. The number of aryl methyl sites for hydroxylation is 1. The van der Waals surface area contributed by atoms with Crippen molar-refractivity contribution in [3.8, 4) is 0 Å². The summed E-state index contributed by atoms with van der Waals surface area (Å²) in [4.78, 5) is 39.0. The van der Waals surface area contributed by atoms with Crippen LogP contribution in [0.3, 0.4) is 0 Å². The van der Waals surface area contributed by atoms with Crippen LogP contribution in [0.1, 0.15) is 25.3 Å². The molecule has 1 aliphatic rings. The molecule has 32 heavy (non-hydrogen) atoms. The standard InChI is InChI=1S/C24H28N2O5S/c1-16(25-20(23(28)29)13-12-17-8-4-2-5-9-17)22(27)26-15-19(14-21(26)24(30)31)32-18-10-6-3-7-11-18/h2-11,16,19-21,25H,12-15H2,1H3,(H,28,29)(H,30,31)/t16-,19?,20+,21-/m0/s1. The molecule has 1 saturated heterocycles. The monoisotopic (exact) mass is 456 g/mol. The number of amides is 1. The molecule has 1 amide bonds. The summed E-state index contributed by atoms with van der Waals surface area (Å²) in [5.41, 5.74) is 1.02. The molecule has 0 saturated carbocycles. The fraction of sp³-hybridized carbons (Fsp3) is 0.375. The van der Waals surface area contributed by atoms with Gasteiger partial charge in [-0.05, 0) is 43.9 Å². The van der Waals surface area contributed by atoms with Gasteiger partial charge in [-0.15, -0.1) is 11.8 Å². The predicted molar refractivity (Wildman–Crippen MR) is 123 cm³/mol. The molecular weight excluding hydrogens is 428 g/mol. The smallest absolute Gasteiger partial charge is 0.326 e. The summed E-state index contributed by atoms with van der Waals surface area (Å²) in [7, 11) is 0. The molecule has 0 radical (unpaired) electrons. The van der Waals surface area contributed by atoms with E-state index in [9.17, 15) is 24.6 Å². The van der Waals surface area contributed by atoms with E-state index in [2.05, 4.69) is 5.32 Å². The first-order valence-corrected chi connectivity index (χ1v) is 11.5. The molecule has 1 unspecified atom stereocenters. The Hall–Kier alpha value is -2.84. The molecule has 4 atom stereocenters. The Bertz CT molecular complexity index is 925. The number of thioether (sulfide) groups is 1. The third kappa shape index (κ3) is 6.34. The van der Waals surface area contributed by atoms with Gasteiger partial charge in [-0.3, -0.25) is 14.9 Å². The van der Waals surface area contributed by atoms with Gasteiger partial charge >= 0.3 is 11.9 Å². The highest BCUT2D eigenvalue weighted by molar-refractivity contribution is 8.00. The van der Waals surface area contributed by atoms with Crippen molar-refractivity contribution >= 4 is 29.6 Å². The van der Waals surface area contributed by atoms with Crippen molar-refractivity contribution in [3.05, 3.63) is 66.2 Å². The lowest BCUT2D eigenvalue weighted by Gasteiger charge is -2.27. The number of nitrogens with one attached hydrogen (secondary N) is 1. The number of likely N-dealkylation sites (tertiary alicyclic amines) is 1. The quantitative estimate of drug-likeness (QED) is 0.505. The second kappa shape index (κ2) is 11.2. The number of carboxylic acids is 2. The summed E-state index contributed by atoms with van der Waals surface area (Å²) >= 11 is 1.56. The third-order valence-corrected chi connectivity index (χ3v) is 6.78. The molecule has 1 fully saturated rings. The van der Waals surface area contributed by atoms with Crippen molar-refractivity contribution in [1.82, 2.24) is 10.2 Å². The summed E-state index contributed by atoms with van der Waals surface area (Å²) in [6, 6.07) is 16.6. The number of rotatable bonds is 10. The molecule has 170 valence electrons. The van der Waals surface area contributed by atoms with E-state index in [4.69, 9.17) is 0 Å². The zero-order valence-electron chi connectivity index (χ0n) is 17.9. The number of carbonyl (C=O) groups is 3. The number of nitrogens with zero attached hydrogens (tertiary/aromatic N) is 1. The van der Waals surface area contributed by atoms with Crippen LogP contribution in [0.5, 0.6) is 0 Å². The minimum atomic E-state index is -1.04. The van der Waals surface area contributed by atoms with Gasteiger partial charge in [0.25, 0.3) is 0 Å². The Morgan fingerprint density at radius 2 is 1.69 bits per heavy atom. The predicted octanol–water partition coefficient (Wildman–Crippen LogP) is 2.90. The lowest BCUT2D eigenvalue weighted by atomic mass is 10.0. The maximum Gasteiger partial charge on any atom is 0.326 e. The first-order chi connectivity index (χ1) is 15.3. The van der Waals surface area contributed by atoms with Crippen LogP contribution >= 0.6 is 11.8 Å². The minimum Gasteiger partial charge on any atom is -0.480 e. The Labute approximate surface area is 191 Å². The van der Waals surface area contributed by atoms with E-state index >= 15 is 0 Å². The SMILES string of the molecule is C[C@H](N[C@H](CCc1ccccc1)C(=O)O)C(=O)N1CC(Sc2ccccc2)C[C@H]1C(=O)O. The van der Waals surface area contributed by atoms with E-state index < -0.39 is 30.1 Å². The van der Waals surface area contributed by atoms with E-state index in [1.165, 1.54) is 4.90 Å². The molecular formula is C24H28N2O5S. The van der Waals surface area contributed by atoms with E-state index in [1.54, 1.807) is 18.7 Å². The normalized spacial score (nSPS) is 20.0. The molecule has 8 heteroatoms. The molecule has 2 aromatic carbocycles. The molecule has 0 spiro atoms. The van der Waals surface area contributed by atoms with Crippen LogP contribution in [0, 0.1) is 0 Å². The van der Waals surface area contributed by atoms with Crippen molar-refractivity contribution in [2.45, 2.75) is 54.5 Å². The summed E-state index contributed by atoms with van der Waals surface area (Å²) < 4.78 is 0. The average molecular weight is 457 g/mol. The van der Waals surface area contributed by atoms with Crippen LogP contribution in [-0.4, -0.2) is 62.9 Å². The fourth-order valence-corrected chi connectivity index (χ4v) is 5.12. The van der Waals surface area contributed by atoms with Gasteiger partial charge in [-0.1, -0.05) is 48.5 Å². The lowest BCUT2D eigenvalue weighted by Crippen LogP contribution is -2.53. The lowest BCUT2D eigenvalue weighted by molar-refractivity contribution is -0.149. The Kier molecular flexibility index (Phi) is 8.30. The molecule has 1 heterocycles. The molecule has 0 aliphatic carbocycles. The first kappa shape index (κ1) is 23.8. The van der Waals surface area contributed by atoms with Gasteiger partial charge in [0, 0.05) is 16.7 Å². The van der Waals surface area contributed by atoms with Gasteiger partial charge in [0.05, 0.1) is 6.04 Å². The van der Waals surface area contributed by atoms with Crippen LogP contribution in [0.2, 0.25) is 0 Å². The molecule has 3 rings (SSSR count). The zero-order valence-corrected chi connectivity index (χ0v) is 18.7. The number of aliphatic carboxylic acids is 2. The van der Waals surface area contributed by atoms with Crippen LogP contribution in [-0.2, 0) is 20.8 Å². The van der Waals surface area contributed by atoms with Gasteiger partial charge in [0.1, 0.15) is 12.1 Å². The topological polar surface area (TPSA) is 107 Å². The first-order valence-electron chi connectivity index (χ1n) is 10.6. The summed E-state index contributed by atoms with van der Waals surface area (Å²) in [5.74, 6) is -2.46. The Balaban J connectivity index is 1.62. The van der Waals surface area contributed by atoms with Gasteiger partial charge in [0.2, 0.25) is 5.91 Å².